The molecule has 0 spiro atoms. The monoisotopic (exact) mass is 333 g/mol. The molecule has 6 heteroatoms. The third-order valence-corrected chi connectivity index (χ3v) is 4.33. The quantitative estimate of drug-likeness (QED) is 0.881. The molecule has 0 unspecified atom stereocenters. The lowest BCUT2D eigenvalue weighted by atomic mass is 10.1. The second-order valence-corrected chi connectivity index (χ2v) is 6.55. The Balaban J connectivity index is 1.48. The number of ether oxygens (including phenoxy) is 1. The molecule has 2 heterocycles. The molecule has 0 bridgehead atoms. The summed E-state index contributed by atoms with van der Waals surface area (Å²) in [5, 5.41) is 3.86. The van der Waals surface area contributed by atoms with Crippen molar-refractivity contribution < 1.29 is 13.9 Å². The van der Waals surface area contributed by atoms with E-state index in [9.17, 15) is 9.18 Å². The van der Waals surface area contributed by atoms with Crippen LogP contribution in [0.15, 0.2) is 24.4 Å². The van der Waals surface area contributed by atoms with Crippen LogP contribution < -0.4 is 5.32 Å². The van der Waals surface area contributed by atoms with Gasteiger partial charge >= 0.3 is 0 Å². The number of hydrogen-bond donors (Lipinski definition) is 2. The molecule has 1 aromatic carbocycles. The molecule has 5 nitrogen and oxygen atoms in total. The highest BCUT2D eigenvalue weighted by Gasteiger charge is 2.21. The van der Waals surface area contributed by atoms with Gasteiger partial charge in [-0.1, -0.05) is 0 Å². The van der Waals surface area contributed by atoms with Crippen LogP contribution in [0, 0.1) is 5.82 Å². The maximum atomic E-state index is 13.2. The number of nitrogens with zero attached hydrogens (tertiary/aromatic N) is 1. The summed E-state index contributed by atoms with van der Waals surface area (Å²) in [6.45, 7) is 7.38. The molecule has 0 radical (unpaired) electrons. The predicted molar refractivity (Wildman–Crippen MR) is 91.4 cm³/mol. The molecule has 130 valence electrons. The second kappa shape index (κ2) is 7.32. The van der Waals surface area contributed by atoms with Crippen molar-refractivity contribution in [3.05, 3.63) is 35.8 Å². The molecule has 1 aliphatic heterocycles. The van der Waals surface area contributed by atoms with E-state index in [-0.39, 0.29) is 23.9 Å². The number of aromatic amines is 1. The maximum absolute atomic E-state index is 13.2. The Morgan fingerprint density at radius 2 is 2.12 bits per heavy atom. The average Bonchev–Trinajstić information content (AvgIpc) is 2.88. The van der Waals surface area contributed by atoms with Crippen LogP contribution in [-0.4, -0.2) is 54.2 Å². The summed E-state index contributed by atoms with van der Waals surface area (Å²) < 4.78 is 18.9. The maximum Gasteiger partial charge on any atom is 0.224 e. The molecule has 0 saturated carbocycles. The smallest absolute Gasteiger partial charge is 0.224 e. The van der Waals surface area contributed by atoms with Crippen molar-refractivity contribution in [2.75, 3.05) is 26.2 Å². The van der Waals surface area contributed by atoms with Crippen molar-refractivity contribution in [3.8, 4) is 0 Å². The second-order valence-electron chi connectivity index (χ2n) is 6.55. The van der Waals surface area contributed by atoms with Crippen LogP contribution in [-0.2, 0) is 16.0 Å². The lowest BCUT2D eigenvalue weighted by molar-refractivity contribution is -0.120. The fourth-order valence-corrected chi connectivity index (χ4v) is 3.36. The van der Waals surface area contributed by atoms with Crippen molar-refractivity contribution in [2.45, 2.75) is 32.5 Å². The molecule has 1 saturated heterocycles. The lowest BCUT2D eigenvalue weighted by Crippen LogP contribution is -2.48. The summed E-state index contributed by atoms with van der Waals surface area (Å²) in [6.07, 6.45) is 2.53. The van der Waals surface area contributed by atoms with E-state index in [2.05, 4.69) is 29.0 Å². The largest absolute Gasteiger partial charge is 0.373 e. The summed E-state index contributed by atoms with van der Waals surface area (Å²) >= 11 is 0. The lowest BCUT2D eigenvalue weighted by Gasteiger charge is -2.35. The fraction of sp³-hybridized carbons (Fsp3) is 0.500. The molecular formula is C18H24FN3O2. The summed E-state index contributed by atoms with van der Waals surface area (Å²) in [6, 6.07) is 4.57. The zero-order valence-corrected chi connectivity index (χ0v) is 14.1. The van der Waals surface area contributed by atoms with Crippen LogP contribution in [0.25, 0.3) is 10.9 Å². The summed E-state index contributed by atoms with van der Waals surface area (Å²) in [7, 11) is 0. The topological polar surface area (TPSA) is 57.4 Å². The summed E-state index contributed by atoms with van der Waals surface area (Å²) in [5.74, 6) is -0.302. The minimum atomic E-state index is -0.283. The highest BCUT2D eigenvalue weighted by atomic mass is 19.1. The molecule has 0 aliphatic carbocycles. The van der Waals surface area contributed by atoms with E-state index in [0.29, 0.717) is 18.5 Å². The Morgan fingerprint density at radius 3 is 2.88 bits per heavy atom. The van der Waals surface area contributed by atoms with Gasteiger partial charge < -0.3 is 15.0 Å². The number of nitrogens with one attached hydrogen (secondary N) is 2. The van der Waals surface area contributed by atoms with Crippen LogP contribution in [0.3, 0.4) is 0 Å². The summed E-state index contributed by atoms with van der Waals surface area (Å²) in [4.78, 5) is 17.5. The molecule has 24 heavy (non-hydrogen) atoms. The Hall–Kier alpha value is -1.92. The molecule has 1 amide bonds. The van der Waals surface area contributed by atoms with Gasteiger partial charge in [-0.05, 0) is 37.6 Å². The van der Waals surface area contributed by atoms with Crippen LogP contribution in [0.2, 0.25) is 0 Å². The van der Waals surface area contributed by atoms with Gasteiger partial charge in [-0.3, -0.25) is 9.69 Å². The van der Waals surface area contributed by atoms with Gasteiger partial charge in [-0.15, -0.1) is 0 Å². The Kier molecular flexibility index (Phi) is 5.16. The van der Waals surface area contributed by atoms with E-state index in [0.717, 1.165) is 30.6 Å². The molecule has 2 atom stereocenters. The third kappa shape index (κ3) is 4.13. The number of hydrogen-bond acceptors (Lipinski definition) is 3. The van der Waals surface area contributed by atoms with Crippen molar-refractivity contribution in [3.63, 3.8) is 0 Å². The first-order chi connectivity index (χ1) is 11.5. The minimum Gasteiger partial charge on any atom is -0.373 e. The Labute approximate surface area is 141 Å². The van der Waals surface area contributed by atoms with E-state index in [1.165, 1.54) is 12.1 Å². The SMILES string of the molecule is C[C@@H]1CN(CCNC(=O)Cc2c[nH]c3cc(F)ccc23)C[C@@H](C)O1. The zero-order valence-electron chi connectivity index (χ0n) is 14.1. The number of morpholine rings is 1. The molecule has 1 fully saturated rings. The van der Waals surface area contributed by atoms with Gasteiger partial charge in [0.2, 0.25) is 5.91 Å². The number of benzene rings is 1. The van der Waals surface area contributed by atoms with Crippen LogP contribution in [0.4, 0.5) is 4.39 Å². The van der Waals surface area contributed by atoms with Gasteiger partial charge in [-0.25, -0.2) is 4.39 Å². The van der Waals surface area contributed by atoms with Gasteiger partial charge in [0.1, 0.15) is 5.82 Å². The average molecular weight is 333 g/mol. The van der Waals surface area contributed by atoms with Crippen molar-refractivity contribution >= 4 is 16.8 Å². The van der Waals surface area contributed by atoms with E-state index < -0.39 is 0 Å². The molecule has 1 aliphatic rings. The number of carbonyl (C=O) groups excluding carboxylic acids is 1. The number of H-pyrrole nitrogens is 1. The van der Waals surface area contributed by atoms with Crippen molar-refractivity contribution in [1.29, 1.82) is 0 Å². The number of carbonyl (C=O) groups is 1. The van der Waals surface area contributed by atoms with E-state index in [1.807, 2.05) is 0 Å². The first kappa shape index (κ1) is 16.9. The fourth-order valence-electron chi connectivity index (χ4n) is 3.36. The molecule has 2 N–H and O–H groups in total. The van der Waals surface area contributed by atoms with Gasteiger partial charge in [-0.2, -0.15) is 0 Å². The van der Waals surface area contributed by atoms with Gasteiger partial charge in [0, 0.05) is 43.3 Å². The number of fused-ring (bicyclic) bond motifs is 1. The number of amides is 1. The van der Waals surface area contributed by atoms with Gasteiger partial charge in [0.25, 0.3) is 0 Å². The number of aromatic nitrogens is 1. The van der Waals surface area contributed by atoms with Crippen LogP contribution >= 0.6 is 0 Å². The Bertz CT molecular complexity index is 705. The highest BCUT2D eigenvalue weighted by Crippen LogP contribution is 2.19. The van der Waals surface area contributed by atoms with Crippen molar-refractivity contribution in [2.24, 2.45) is 0 Å². The molecule has 2 aromatic rings. The van der Waals surface area contributed by atoms with Gasteiger partial charge in [0.15, 0.2) is 0 Å². The standard InChI is InChI=1S/C18H24FN3O2/c1-12-10-22(11-13(2)24-12)6-5-20-18(23)7-14-9-21-17-8-15(19)3-4-16(14)17/h3-4,8-9,12-13,21H,5-7,10-11H2,1-2H3,(H,20,23)/t12-,13-/m1/s1. The van der Waals surface area contributed by atoms with Gasteiger partial charge in [0.05, 0.1) is 18.6 Å². The Morgan fingerprint density at radius 1 is 1.38 bits per heavy atom. The van der Waals surface area contributed by atoms with E-state index in [4.69, 9.17) is 4.74 Å². The number of halogens is 1. The molecule has 1 aromatic heterocycles. The third-order valence-electron chi connectivity index (χ3n) is 4.33. The van der Waals surface area contributed by atoms with Crippen LogP contribution in [0.1, 0.15) is 19.4 Å². The van der Waals surface area contributed by atoms with E-state index >= 15 is 0 Å². The molecular weight excluding hydrogens is 309 g/mol. The predicted octanol–water partition coefficient (Wildman–Crippen LogP) is 2.07. The first-order valence-corrected chi connectivity index (χ1v) is 8.41. The zero-order chi connectivity index (χ0) is 17.1. The van der Waals surface area contributed by atoms with Crippen LogP contribution in [0.5, 0.6) is 0 Å². The first-order valence-electron chi connectivity index (χ1n) is 8.41. The number of rotatable bonds is 5. The normalized spacial score (nSPS) is 22.0. The minimum absolute atomic E-state index is 0.0189. The van der Waals surface area contributed by atoms with Crippen molar-refractivity contribution in [1.82, 2.24) is 15.2 Å². The van der Waals surface area contributed by atoms with E-state index in [1.54, 1.807) is 12.3 Å². The highest BCUT2D eigenvalue weighted by molar-refractivity contribution is 5.88. The molecule has 3 rings (SSSR count). The summed E-state index contributed by atoms with van der Waals surface area (Å²) in [5.41, 5.74) is 1.60.